The maximum atomic E-state index is 12.3. The van der Waals surface area contributed by atoms with Gasteiger partial charge in [0.2, 0.25) is 0 Å². The van der Waals surface area contributed by atoms with Gasteiger partial charge in [-0.15, -0.1) is 0 Å². The molecule has 2 aromatic carbocycles. The minimum Gasteiger partial charge on any atom is -0.484 e. The third-order valence-electron chi connectivity index (χ3n) is 4.11. The van der Waals surface area contributed by atoms with Gasteiger partial charge in [0.25, 0.3) is 5.91 Å². The molecule has 1 N–H and O–H groups in total. The van der Waals surface area contributed by atoms with Crippen molar-refractivity contribution in [3.63, 3.8) is 0 Å². The smallest absolute Gasteiger partial charge is 0.336 e. The van der Waals surface area contributed by atoms with E-state index in [0.717, 1.165) is 10.9 Å². The first-order valence-corrected chi connectivity index (χ1v) is 8.54. The highest BCUT2D eigenvalue weighted by atomic mass is 16.5. The van der Waals surface area contributed by atoms with Gasteiger partial charge in [-0.2, -0.15) is 0 Å². The van der Waals surface area contributed by atoms with Crippen LogP contribution in [0.4, 0.5) is 0 Å². The van der Waals surface area contributed by atoms with Gasteiger partial charge in [0.05, 0.1) is 6.04 Å². The molecule has 0 radical (unpaired) electrons. The Bertz CT molecular complexity index is 947. The number of nitrogens with one attached hydrogen (secondary N) is 1. The van der Waals surface area contributed by atoms with Gasteiger partial charge in [0.15, 0.2) is 6.61 Å². The largest absolute Gasteiger partial charge is 0.484 e. The van der Waals surface area contributed by atoms with Crippen molar-refractivity contribution in [3.05, 3.63) is 76.6 Å². The Morgan fingerprint density at radius 2 is 1.81 bits per heavy atom. The highest BCUT2D eigenvalue weighted by Gasteiger charge is 2.18. The average molecular weight is 351 g/mol. The first kappa shape index (κ1) is 17.7. The molecular weight excluding hydrogens is 330 g/mol. The zero-order valence-corrected chi connectivity index (χ0v) is 14.8. The summed E-state index contributed by atoms with van der Waals surface area (Å²) < 4.78 is 10.7. The molecule has 0 spiro atoms. The maximum absolute atomic E-state index is 12.3. The molecule has 1 heterocycles. The van der Waals surface area contributed by atoms with Gasteiger partial charge < -0.3 is 14.5 Å². The molecule has 5 heteroatoms. The molecule has 3 aromatic rings. The van der Waals surface area contributed by atoms with Crippen LogP contribution in [-0.2, 0) is 4.79 Å². The predicted molar refractivity (Wildman–Crippen MR) is 100 cm³/mol. The average Bonchev–Trinajstić information content (AvgIpc) is 2.64. The predicted octanol–water partition coefficient (Wildman–Crippen LogP) is 3.69. The Kier molecular flexibility index (Phi) is 5.37. The van der Waals surface area contributed by atoms with Crippen molar-refractivity contribution < 1.29 is 13.9 Å². The fourth-order valence-electron chi connectivity index (χ4n) is 2.79. The van der Waals surface area contributed by atoms with E-state index in [4.69, 9.17) is 9.15 Å². The van der Waals surface area contributed by atoms with Gasteiger partial charge in [-0.1, -0.05) is 44.2 Å². The number of hydrogen-bond donors (Lipinski definition) is 1. The number of benzene rings is 2. The van der Waals surface area contributed by atoms with Gasteiger partial charge in [-0.3, -0.25) is 4.79 Å². The number of ether oxygens (including phenoxy) is 1. The molecular formula is C21H21NO4. The van der Waals surface area contributed by atoms with Crippen molar-refractivity contribution in [2.45, 2.75) is 19.9 Å². The van der Waals surface area contributed by atoms with Crippen LogP contribution in [0.2, 0.25) is 0 Å². The Labute approximate surface area is 151 Å². The summed E-state index contributed by atoms with van der Waals surface area (Å²) in [6.07, 6.45) is 0. The number of rotatable bonds is 6. The van der Waals surface area contributed by atoms with E-state index in [1.54, 1.807) is 24.3 Å². The molecule has 0 aliphatic heterocycles. The maximum Gasteiger partial charge on any atom is 0.336 e. The summed E-state index contributed by atoms with van der Waals surface area (Å²) in [5.74, 6) is 0.515. The second kappa shape index (κ2) is 7.87. The Morgan fingerprint density at radius 1 is 1.08 bits per heavy atom. The highest BCUT2D eigenvalue weighted by molar-refractivity contribution is 5.79. The van der Waals surface area contributed by atoms with Crippen LogP contribution in [0, 0.1) is 5.92 Å². The minimum absolute atomic E-state index is 0.0816. The van der Waals surface area contributed by atoms with Crippen LogP contribution in [0.1, 0.15) is 25.5 Å². The molecule has 0 aliphatic carbocycles. The minimum atomic E-state index is -0.421. The number of carbonyl (C=O) groups is 1. The van der Waals surface area contributed by atoms with E-state index < -0.39 is 5.63 Å². The van der Waals surface area contributed by atoms with E-state index in [1.807, 2.05) is 30.3 Å². The first-order valence-electron chi connectivity index (χ1n) is 8.54. The van der Waals surface area contributed by atoms with Crippen molar-refractivity contribution in [3.8, 4) is 5.75 Å². The lowest BCUT2D eigenvalue weighted by Crippen LogP contribution is -2.35. The van der Waals surface area contributed by atoms with E-state index in [-0.39, 0.29) is 24.5 Å². The molecule has 26 heavy (non-hydrogen) atoms. The molecule has 134 valence electrons. The summed E-state index contributed by atoms with van der Waals surface area (Å²) in [5.41, 5.74) is 1.07. The Balaban J connectivity index is 1.65. The van der Waals surface area contributed by atoms with Crippen LogP contribution in [-0.4, -0.2) is 12.5 Å². The number of fused-ring (bicyclic) bond motifs is 1. The summed E-state index contributed by atoms with van der Waals surface area (Å²) in [7, 11) is 0. The van der Waals surface area contributed by atoms with Crippen LogP contribution in [0.25, 0.3) is 11.0 Å². The number of carbonyl (C=O) groups excluding carboxylic acids is 1. The SMILES string of the molecule is CC(C)C(NC(=O)COc1ccc2ccc(=O)oc2c1)c1ccccc1. The molecule has 1 unspecified atom stereocenters. The van der Waals surface area contributed by atoms with E-state index >= 15 is 0 Å². The second-order valence-electron chi connectivity index (χ2n) is 6.44. The van der Waals surface area contributed by atoms with E-state index in [1.165, 1.54) is 6.07 Å². The summed E-state index contributed by atoms with van der Waals surface area (Å²) >= 11 is 0. The third-order valence-corrected chi connectivity index (χ3v) is 4.11. The van der Waals surface area contributed by atoms with Gasteiger partial charge in [-0.25, -0.2) is 4.79 Å². The third kappa shape index (κ3) is 4.30. The lowest BCUT2D eigenvalue weighted by Gasteiger charge is -2.23. The zero-order chi connectivity index (χ0) is 18.5. The van der Waals surface area contributed by atoms with Gasteiger partial charge in [0, 0.05) is 17.5 Å². The van der Waals surface area contributed by atoms with Gasteiger partial charge in [0.1, 0.15) is 11.3 Å². The lowest BCUT2D eigenvalue weighted by molar-refractivity contribution is -0.124. The van der Waals surface area contributed by atoms with Crippen LogP contribution in [0.3, 0.4) is 0 Å². The standard InChI is InChI=1S/C21H21NO4/c1-14(2)21(16-6-4-3-5-7-16)22-19(23)13-25-17-10-8-15-9-11-20(24)26-18(15)12-17/h3-12,14,21H,13H2,1-2H3,(H,22,23). The Hall–Kier alpha value is -3.08. The Morgan fingerprint density at radius 3 is 2.54 bits per heavy atom. The van der Waals surface area contributed by atoms with Gasteiger partial charge in [-0.05, 0) is 29.7 Å². The molecule has 1 amide bonds. The summed E-state index contributed by atoms with van der Waals surface area (Å²) in [6, 6.07) is 18.0. The first-order chi connectivity index (χ1) is 12.5. The fourth-order valence-corrected chi connectivity index (χ4v) is 2.79. The summed E-state index contributed by atoms with van der Waals surface area (Å²) in [5, 5.41) is 3.81. The number of hydrogen-bond acceptors (Lipinski definition) is 4. The van der Waals surface area contributed by atoms with Crippen molar-refractivity contribution >= 4 is 16.9 Å². The fraction of sp³-hybridized carbons (Fsp3) is 0.238. The quantitative estimate of drug-likeness (QED) is 0.688. The molecule has 0 aliphatic rings. The van der Waals surface area contributed by atoms with Crippen LogP contribution in [0.15, 0.2) is 69.9 Å². The van der Waals surface area contributed by atoms with Crippen LogP contribution < -0.4 is 15.7 Å². The molecule has 0 bridgehead atoms. The summed E-state index contributed by atoms with van der Waals surface area (Å²) in [6.45, 7) is 4.01. The van der Waals surface area contributed by atoms with Crippen molar-refractivity contribution in [1.29, 1.82) is 0 Å². The van der Waals surface area contributed by atoms with E-state index in [2.05, 4.69) is 19.2 Å². The van der Waals surface area contributed by atoms with Gasteiger partial charge >= 0.3 is 5.63 Å². The van der Waals surface area contributed by atoms with E-state index in [0.29, 0.717) is 11.3 Å². The molecule has 0 fully saturated rings. The topological polar surface area (TPSA) is 68.5 Å². The molecule has 5 nitrogen and oxygen atoms in total. The molecule has 1 atom stereocenters. The number of amides is 1. The molecule has 1 aromatic heterocycles. The van der Waals surface area contributed by atoms with Crippen LogP contribution >= 0.6 is 0 Å². The lowest BCUT2D eigenvalue weighted by atomic mass is 9.96. The van der Waals surface area contributed by atoms with Crippen molar-refractivity contribution in [1.82, 2.24) is 5.32 Å². The normalized spacial score (nSPS) is 12.1. The monoisotopic (exact) mass is 351 g/mol. The van der Waals surface area contributed by atoms with Crippen molar-refractivity contribution in [2.24, 2.45) is 5.92 Å². The second-order valence-corrected chi connectivity index (χ2v) is 6.44. The zero-order valence-electron chi connectivity index (χ0n) is 14.8. The van der Waals surface area contributed by atoms with Crippen LogP contribution in [0.5, 0.6) is 5.75 Å². The molecule has 0 saturated carbocycles. The highest BCUT2D eigenvalue weighted by Crippen LogP contribution is 2.22. The molecule has 3 rings (SSSR count). The summed E-state index contributed by atoms with van der Waals surface area (Å²) in [4.78, 5) is 23.6. The van der Waals surface area contributed by atoms with Crippen molar-refractivity contribution in [2.75, 3.05) is 6.61 Å². The molecule has 0 saturated heterocycles. The van der Waals surface area contributed by atoms with E-state index in [9.17, 15) is 9.59 Å².